The molecule has 0 aliphatic carbocycles. The number of benzene rings is 3. The second-order valence-electron chi connectivity index (χ2n) is 10.9. The van der Waals surface area contributed by atoms with Crippen LogP contribution in [0.5, 0.6) is 0 Å². The number of hydrogen-bond donors (Lipinski definition) is 0. The zero-order valence-electron chi connectivity index (χ0n) is 23.9. The number of carbonyl (C=O) groups is 2. The summed E-state index contributed by atoms with van der Waals surface area (Å²) >= 11 is 0. The van der Waals surface area contributed by atoms with Crippen LogP contribution in [0, 0.1) is 5.82 Å². The van der Waals surface area contributed by atoms with Crippen LogP contribution in [0.15, 0.2) is 91.0 Å². The first kappa shape index (κ1) is 28.5. The monoisotopic (exact) mass is 579 g/mol. The standard InChI is InChI=1S/C34H34FN5O3/c35-30-11-5-4-10-29(30)34(42)40(23-28-9-6-22-43-28)24-33(41)39-20-18-38(19-21-39)32-17-16-31(36-37-32)27-14-12-26(13-15-27)25-7-2-1-3-8-25/h1-5,7-8,10-17,28H,6,9,18-24H2/t28-/m0/s1. The summed E-state index contributed by atoms with van der Waals surface area (Å²) in [7, 11) is 0. The number of rotatable bonds is 8. The minimum Gasteiger partial charge on any atom is -0.376 e. The van der Waals surface area contributed by atoms with Gasteiger partial charge in [0.25, 0.3) is 5.91 Å². The number of halogens is 1. The maximum absolute atomic E-state index is 14.4. The van der Waals surface area contributed by atoms with Gasteiger partial charge >= 0.3 is 0 Å². The van der Waals surface area contributed by atoms with Gasteiger partial charge in [-0.1, -0.05) is 66.7 Å². The highest BCUT2D eigenvalue weighted by Gasteiger charge is 2.29. The smallest absolute Gasteiger partial charge is 0.257 e. The fourth-order valence-corrected chi connectivity index (χ4v) is 5.62. The first-order valence-corrected chi connectivity index (χ1v) is 14.7. The molecule has 3 heterocycles. The highest BCUT2D eigenvalue weighted by Crippen LogP contribution is 2.25. The summed E-state index contributed by atoms with van der Waals surface area (Å²) in [4.78, 5) is 31.9. The van der Waals surface area contributed by atoms with Gasteiger partial charge in [-0.05, 0) is 48.2 Å². The minimum absolute atomic E-state index is 0.0349. The molecule has 2 saturated heterocycles. The van der Waals surface area contributed by atoms with Gasteiger partial charge in [0.15, 0.2) is 5.82 Å². The zero-order chi connectivity index (χ0) is 29.6. The molecule has 9 heteroatoms. The number of carbonyl (C=O) groups excluding carboxylic acids is 2. The second kappa shape index (κ2) is 13.1. The van der Waals surface area contributed by atoms with Crippen molar-refractivity contribution >= 4 is 17.6 Å². The Morgan fingerprint density at radius 3 is 2.19 bits per heavy atom. The van der Waals surface area contributed by atoms with Crippen LogP contribution < -0.4 is 4.90 Å². The molecule has 3 aromatic carbocycles. The first-order valence-electron chi connectivity index (χ1n) is 14.7. The molecule has 0 saturated carbocycles. The fraction of sp³-hybridized carbons (Fsp3) is 0.294. The van der Waals surface area contributed by atoms with Crippen molar-refractivity contribution in [3.05, 3.63) is 102 Å². The summed E-state index contributed by atoms with van der Waals surface area (Å²) in [5.41, 5.74) is 4.07. The number of ether oxygens (including phenoxy) is 1. The molecule has 4 aromatic rings. The summed E-state index contributed by atoms with van der Waals surface area (Å²) in [5.74, 6) is -0.498. The molecule has 220 valence electrons. The molecule has 0 spiro atoms. The third kappa shape index (κ3) is 6.73. The second-order valence-corrected chi connectivity index (χ2v) is 10.9. The van der Waals surface area contributed by atoms with Crippen molar-refractivity contribution in [3.63, 3.8) is 0 Å². The van der Waals surface area contributed by atoms with E-state index < -0.39 is 11.7 Å². The van der Waals surface area contributed by atoms with Crippen molar-refractivity contribution in [1.82, 2.24) is 20.0 Å². The Hall–Kier alpha value is -4.63. The molecule has 1 aromatic heterocycles. The fourth-order valence-electron chi connectivity index (χ4n) is 5.62. The SMILES string of the molecule is O=C(CN(C[C@@H]1CCCO1)C(=O)c1ccccc1F)N1CCN(c2ccc(-c3ccc(-c4ccccc4)cc3)nn2)CC1. The molecule has 1 atom stereocenters. The maximum Gasteiger partial charge on any atom is 0.257 e. The molecule has 43 heavy (non-hydrogen) atoms. The zero-order valence-corrected chi connectivity index (χ0v) is 23.9. The van der Waals surface area contributed by atoms with E-state index >= 15 is 0 Å². The molecule has 8 nitrogen and oxygen atoms in total. The van der Waals surface area contributed by atoms with E-state index in [0.29, 0.717) is 32.8 Å². The quantitative estimate of drug-likeness (QED) is 0.295. The van der Waals surface area contributed by atoms with Gasteiger partial charge in [0, 0.05) is 44.9 Å². The van der Waals surface area contributed by atoms with Crippen LogP contribution in [-0.4, -0.2) is 83.8 Å². The van der Waals surface area contributed by atoms with Gasteiger partial charge in [-0.3, -0.25) is 9.59 Å². The average Bonchev–Trinajstić information content (AvgIpc) is 3.58. The maximum atomic E-state index is 14.4. The Labute approximate surface area is 250 Å². The molecule has 0 bridgehead atoms. The first-order chi connectivity index (χ1) is 21.0. The van der Waals surface area contributed by atoms with Crippen molar-refractivity contribution in [2.45, 2.75) is 18.9 Å². The van der Waals surface area contributed by atoms with Crippen molar-refractivity contribution in [1.29, 1.82) is 0 Å². The molecule has 2 fully saturated rings. The lowest BCUT2D eigenvalue weighted by atomic mass is 10.0. The van der Waals surface area contributed by atoms with E-state index in [1.807, 2.05) is 30.3 Å². The highest BCUT2D eigenvalue weighted by atomic mass is 19.1. The Kier molecular flexibility index (Phi) is 8.70. The van der Waals surface area contributed by atoms with E-state index in [1.54, 1.807) is 17.0 Å². The average molecular weight is 580 g/mol. The number of piperazine rings is 1. The summed E-state index contributed by atoms with van der Waals surface area (Å²) in [5, 5.41) is 8.94. The summed E-state index contributed by atoms with van der Waals surface area (Å²) in [6.45, 7) is 2.94. The van der Waals surface area contributed by atoms with Gasteiger partial charge in [0.1, 0.15) is 12.4 Å². The van der Waals surface area contributed by atoms with Crippen LogP contribution in [-0.2, 0) is 9.53 Å². The Balaban J connectivity index is 1.06. The van der Waals surface area contributed by atoms with Gasteiger partial charge in [-0.25, -0.2) is 4.39 Å². The minimum atomic E-state index is -0.595. The lowest BCUT2D eigenvalue weighted by Gasteiger charge is -2.36. The van der Waals surface area contributed by atoms with Crippen LogP contribution >= 0.6 is 0 Å². The number of anilines is 1. The molecule has 2 amide bonds. The van der Waals surface area contributed by atoms with E-state index in [-0.39, 0.29) is 30.7 Å². The van der Waals surface area contributed by atoms with E-state index in [0.717, 1.165) is 35.5 Å². The van der Waals surface area contributed by atoms with Crippen molar-refractivity contribution in [2.24, 2.45) is 0 Å². The number of hydrogen-bond acceptors (Lipinski definition) is 6. The van der Waals surface area contributed by atoms with Crippen LogP contribution in [0.3, 0.4) is 0 Å². The predicted octanol–water partition coefficient (Wildman–Crippen LogP) is 4.92. The molecule has 2 aliphatic rings. The third-order valence-electron chi connectivity index (χ3n) is 8.06. The van der Waals surface area contributed by atoms with Gasteiger partial charge < -0.3 is 19.4 Å². The van der Waals surface area contributed by atoms with Gasteiger partial charge in [-0.15, -0.1) is 10.2 Å². The number of aromatic nitrogens is 2. The number of nitrogens with zero attached hydrogens (tertiary/aromatic N) is 5. The molecular weight excluding hydrogens is 545 g/mol. The normalized spacial score (nSPS) is 16.7. The van der Waals surface area contributed by atoms with Crippen molar-refractivity contribution in [3.8, 4) is 22.4 Å². The van der Waals surface area contributed by atoms with Gasteiger partial charge in [0.2, 0.25) is 5.91 Å². The van der Waals surface area contributed by atoms with Gasteiger partial charge in [0.05, 0.1) is 17.4 Å². The lowest BCUT2D eigenvalue weighted by molar-refractivity contribution is -0.132. The summed E-state index contributed by atoms with van der Waals surface area (Å²) in [6.07, 6.45) is 1.57. The largest absolute Gasteiger partial charge is 0.376 e. The molecule has 6 rings (SSSR count). The molecular formula is C34H34FN5O3. The number of amides is 2. The summed E-state index contributed by atoms with van der Waals surface area (Å²) in [6, 6.07) is 28.3. The lowest BCUT2D eigenvalue weighted by Crippen LogP contribution is -2.52. The topological polar surface area (TPSA) is 78.9 Å². The Morgan fingerprint density at radius 1 is 0.814 bits per heavy atom. The van der Waals surface area contributed by atoms with E-state index in [4.69, 9.17) is 4.74 Å². The van der Waals surface area contributed by atoms with Crippen LogP contribution in [0.1, 0.15) is 23.2 Å². The molecule has 0 unspecified atom stereocenters. The highest BCUT2D eigenvalue weighted by molar-refractivity contribution is 5.96. The molecule has 0 N–H and O–H groups in total. The van der Waals surface area contributed by atoms with E-state index in [9.17, 15) is 14.0 Å². The van der Waals surface area contributed by atoms with Crippen molar-refractivity contribution in [2.75, 3.05) is 50.8 Å². The predicted molar refractivity (Wildman–Crippen MR) is 163 cm³/mol. The van der Waals surface area contributed by atoms with Crippen molar-refractivity contribution < 1.29 is 18.7 Å². The third-order valence-corrected chi connectivity index (χ3v) is 8.06. The molecule has 0 radical (unpaired) electrons. The van der Waals surface area contributed by atoms with E-state index in [1.165, 1.54) is 22.6 Å². The molecule has 2 aliphatic heterocycles. The van der Waals surface area contributed by atoms with Crippen LogP contribution in [0.25, 0.3) is 22.4 Å². The van der Waals surface area contributed by atoms with E-state index in [2.05, 4.69) is 51.5 Å². The Bertz CT molecular complexity index is 1530. The Morgan fingerprint density at radius 2 is 1.51 bits per heavy atom. The van der Waals surface area contributed by atoms with Crippen LogP contribution in [0.4, 0.5) is 10.2 Å². The van der Waals surface area contributed by atoms with Crippen LogP contribution in [0.2, 0.25) is 0 Å². The summed E-state index contributed by atoms with van der Waals surface area (Å²) < 4.78 is 20.1. The van der Waals surface area contributed by atoms with Gasteiger partial charge in [-0.2, -0.15) is 0 Å².